The van der Waals surface area contributed by atoms with Crippen LogP contribution in [0, 0.1) is 5.41 Å². The largest absolute Gasteiger partial charge is 0.502 e. The molecule has 2 aromatic carbocycles. The van der Waals surface area contributed by atoms with E-state index in [1.165, 1.54) is 6.92 Å². The van der Waals surface area contributed by atoms with Crippen molar-refractivity contribution in [3.05, 3.63) is 105 Å². The van der Waals surface area contributed by atoms with E-state index in [2.05, 4.69) is 14.7 Å². The van der Waals surface area contributed by atoms with Crippen LogP contribution < -0.4 is 16.0 Å². The van der Waals surface area contributed by atoms with Crippen molar-refractivity contribution in [1.82, 2.24) is 19.8 Å². The maximum Gasteiger partial charge on any atom is 0.377 e. The topological polar surface area (TPSA) is 220 Å². The van der Waals surface area contributed by atoms with Gasteiger partial charge in [0.05, 0.1) is 45.6 Å². The van der Waals surface area contributed by atoms with E-state index >= 15 is 0 Å². The predicted molar refractivity (Wildman–Crippen MR) is 195 cm³/mol. The molecule has 16 heteroatoms. The number of allylic oxidation sites excluding steroid dienone is 1. The minimum Gasteiger partial charge on any atom is -0.502 e. The van der Waals surface area contributed by atoms with E-state index in [4.69, 9.17) is 30.1 Å². The number of aromatic amines is 1. The van der Waals surface area contributed by atoms with Crippen LogP contribution in [0.2, 0.25) is 0 Å². The van der Waals surface area contributed by atoms with Crippen LogP contribution in [0.5, 0.6) is 5.75 Å². The Hall–Kier alpha value is -5.42. The first-order valence-electron chi connectivity index (χ1n) is 16.7. The molecular formula is C37H48N6O10. The molecule has 1 aromatic heterocycles. The molecule has 0 bridgehead atoms. The van der Waals surface area contributed by atoms with Crippen molar-refractivity contribution < 1.29 is 43.2 Å². The van der Waals surface area contributed by atoms with Crippen molar-refractivity contribution in [1.29, 1.82) is 5.41 Å². The zero-order valence-electron chi connectivity index (χ0n) is 30.6. The number of aliphatic hydroxyl groups excluding tert-OH is 1. The maximum absolute atomic E-state index is 12.5. The number of likely N-dealkylation sites (N-methyl/N-ethyl adjacent to an activating group) is 2. The van der Waals surface area contributed by atoms with Gasteiger partial charge in [-0.3, -0.25) is 29.6 Å². The lowest BCUT2D eigenvalue weighted by molar-refractivity contribution is -0.141. The van der Waals surface area contributed by atoms with Gasteiger partial charge in [0.1, 0.15) is 24.9 Å². The minimum absolute atomic E-state index is 0.00579. The van der Waals surface area contributed by atoms with E-state index in [0.717, 1.165) is 44.9 Å². The Kier molecular flexibility index (Phi) is 16.8. The second kappa shape index (κ2) is 21.2. The van der Waals surface area contributed by atoms with Crippen LogP contribution in [0.3, 0.4) is 0 Å². The number of ketones is 2. The number of carbonyl (C=O) groups excluding carboxylic acids is 3. The van der Waals surface area contributed by atoms with Crippen molar-refractivity contribution in [3.63, 3.8) is 0 Å². The number of H-pyrrole nitrogens is 1. The highest BCUT2D eigenvalue weighted by Crippen LogP contribution is 2.22. The molecule has 3 aromatic rings. The molecule has 5 rings (SSSR count). The summed E-state index contributed by atoms with van der Waals surface area (Å²) >= 11 is 0. The van der Waals surface area contributed by atoms with Crippen molar-refractivity contribution in [3.8, 4) is 5.75 Å². The van der Waals surface area contributed by atoms with E-state index in [0.29, 0.717) is 25.6 Å². The third-order valence-electron chi connectivity index (χ3n) is 8.07. The first-order chi connectivity index (χ1) is 25.3. The zero-order valence-corrected chi connectivity index (χ0v) is 30.6. The smallest absolute Gasteiger partial charge is 0.377 e. The first-order valence-corrected chi connectivity index (χ1v) is 16.7. The number of esters is 1. The number of benzene rings is 2. The fourth-order valence-corrected chi connectivity index (χ4v) is 4.93. The summed E-state index contributed by atoms with van der Waals surface area (Å²) in [6.45, 7) is 6.72. The number of methoxy groups -OCH3 is 1. The first kappa shape index (κ1) is 42.0. The number of ether oxygens (including phenoxy) is 5. The Bertz CT molecular complexity index is 1770. The molecule has 3 heterocycles. The number of nitrogens with two attached hydrogens (primary N) is 1. The molecule has 0 radical (unpaired) electrons. The van der Waals surface area contributed by atoms with Gasteiger partial charge in [0, 0.05) is 26.9 Å². The maximum atomic E-state index is 12.5. The fourth-order valence-electron chi connectivity index (χ4n) is 4.93. The number of Topliss-reactive ketones (excluding diaryl/α,β-unsaturated/α-hetero) is 2. The van der Waals surface area contributed by atoms with Crippen LogP contribution in [0.15, 0.2) is 77.0 Å². The second-order valence-electron chi connectivity index (χ2n) is 12.1. The molecule has 0 aliphatic carbocycles. The Morgan fingerprint density at radius 2 is 1.51 bits per heavy atom. The van der Waals surface area contributed by atoms with Crippen molar-refractivity contribution >= 4 is 23.4 Å². The van der Waals surface area contributed by atoms with Crippen LogP contribution in [0.25, 0.3) is 0 Å². The van der Waals surface area contributed by atoms with E-state index in [1.807, 2.05) is 72.4 Å². The molecule has 2 unspecified atom stereocenters. The highest BCUT2D eigenvalue weighted by molar-refractivity contribution is 5.99. The van der Waals surface area contributed by atoms with Gasteiger partial charge in [-0.2, -0.15) is 0 Å². The Balaban J connectivity index is 0.000000235. The van der Waals surface area contributed by atoms with Crippen molar-refractivity contribution in [2.24, 2.45) is 5.73 Å². The van der Waals surface area contributed by atoms with Gasteiger partial charge in [-0.05, 0) is 25.2 Å². The molecule has 2 aliphatic heterocycles. The summed E-state index contributed by atoms with van der Waals surface area (Å²) in [5.74, 6) is -2.50. The summed E-state index contributed by atoms with van der Waals surface area (Å²) in [5, 5.41) is 16.6. The van der Waals surface area contributed by atoms with E-state index in [9.17, 15) is 24.3 Å². The van der Waals surface area contributed by atoms with E-state index in [1.54, 1.807) is 12.1 Å². The standard InChI is InChI=1S/C18H21N3O4.C13H14O5.C6H13N3O/c1-12(22)15-16(25-10-13-6-4-3-5-7-13)18(23)20-17(19-15)14-11-24-9-8-21(14)2;1-9(14)11(15)12(13(16)17-2)18-8-10-6-4-3-5-7-10;1-9-2-3-10-4-5(9)6(7)8/h3-7,14H,8-11H2,1-2H3,(H,19,20,23);3-7,15H,8H2,1-2H3;5H,2-4H2,1H3,(H3,7,8)/b;12-11+;. The molecule has 2 fully saturated rings. The molecule has 5 N–H and O–H groups in total. The molecule has 2 saturated heterocycles. The molecule has 0 amide bonds. The zero-order chi connectivity index (χ0) is 38.9. The van der Waals surface area contributed by atoms with Gasteiger partial charge in [0.25, 0.3) is 11.3 Å². The van der Waals surface area contributed by atoms with Crippen molar-refractivity contribution in [2.45, 2.75) is 39.1 Å². The number of hydrogen-bond donors (Lipinski definition) is 4. The van der Waals surface area contributed by atoms with Crippen LogP contribution in [0.4, 0.5) is 0 Å². The lowest BCUT2D eigenvalue weighted by Gasteiger charge is -2.31. The number of carbonyl (C=O) groups is 3. The third-order valence-corrected chi connectivity index (χ3v) is 8.07. The third kappa shape index (κ3) is 12.9. The van der Waals surface area contributed by atoms with Crippen molar-refractivity contribution in [2.75, 3.05) is 60.7 Å². The molecule has 2 atom stereocenters. The monoisotopic (exact) mass is 736 g/mol. The van der Waals surface area contributed by atoms with Gasteiger partial charge >= 0.3 is 5.97 Å². The van der Waals surface area contributed by atoms with Crippen LogP contribution in [0.1, 0.15) is 47.3 Å². The lowest BCUT2D eigenvalue weighted by atomic mass is 10.2. The number of amidine groups is 1. The fraction of sp³-hybridized carbons (Fsp3) is 0.405. The average Bonchev–Trinajstić information content (AvgIpc) is 3.15. The SMILES string of the molecule is CC(=O)c1nc(C2COCCN2C)[nH]c(=O)c1OCc1ccccc1.CN1CCOCC1C(=N)N.COC(=O)/C(OCc1ccccc1)=C(\O)C(C)=O. The van der Waals surface area contributed by atoms with Crippen LogP contribution >= 0.6 is 0 Å². The van der Waals surface area contributed by atoms with Gasteiger partial charge in [0.15, 0.2) is 17.3 Å². The van der Waals surface area contributed by atoms with E-state index < -0.39 is 28.8 Å². The molecule has 16 nitrogen and oxygen atoms in total. The van der Waals surface area contributed by atoms with Gasteiger partial charge in [0.2, 0.25) is 11.5 Å². The summed E-state index contributed by atoms with van der Waals surface area (Å²) in [5.41, 5.74) is 6.62. The normalized spacial score (nSPS) is 17.8. The molecule has 53 heavy (non-hydrogen) atoms. The molecule has 286 valence electrons. The highest BCUT2D eigenvalue weighted by atomic mass is 16.6. The summed E-state index contributed by atoms with van der Waals surface area (Å²) in [4.78, 5) is 58.1. The second-order valence-corrected chi connectivity index (χ2v) is 12.1. The number of aliphatic hydroxyl groups is 1. The lowest BCUT2D eigenvalue weighted by Crippen LogP contribution is -2.50. The van der Waals surface area contributed by atoms with Gasteiger partial charge < -0.3 is 39.5 Å². The molecule has 0 saturated carbocycles. The number of aromatic nitrogens is 2. The Morgan fingerprint density at radius 1 is 0.943 bits per heavy atom. The number of hydrogen-bond acceptors (Lipinski definition) is 14. The number of nitrogens with one attached hydrogen (secondary N) is 2. The molecule has 0 spiro atoms. The Morgan fingerprint density at radius 3 is 2.00 bits per heavy atom. The van der Waals surface area contributed by atoms with Gasteiger partial charge in [-0.25, -0.2) is 9.78 Å². The van der Waals surface area contributed by atoms with E-state index in [-0.39, 0.29) is 48.4 Å². The van der Waals surface area contributed by atoms with Crippen LogP contribution in [-0.4, -0.2) is 115 Å². The predicted octanol–water partition coefficient (Wildman–Crippen LogP) is 2.54. The highest BCUT2D eigenvalue weighted by Gasteiger charge is 2.27. The Labute approximate surface area is 308 Å². The number of nitrogens with zero attached hydrogens (tertiary/aromatic N) is 3. The summed E-state index contributed by atoms with van der Waals surface area (Å²) < 4.78 is 25.8. The summed E-state index contributed by atoms with van der Waals surface area (Å²) in [6, 6.07) is 18.3. The average molecular weight is 737 g/mol. The summed E-state index contributed by atoms with van der Waals surface area (Å²) in [7, 11) is 5.02. The molecular weight excluding hydrogens is 688 g/mol. The van der Waals surface area contributed by atoms with Gasteiger partial charge in [-0.1, -0.05) is 60.7 Å². The quantitative estimate of drug-likeness (QED) is 0.0556. The summed E-state index contributed by atoms with van der Waals surface area (Å²) in [6.07, 6.45) is 0. The van der Waals surface area contributed by atoms with Gasteiger partial charge in [-0.15, -0.1) is 0 Å². The number of morpholine rings is 2. The van der Waals surface area contributed by atoms with Crippen LogP contribution in [-0.2, 0) is 41.8 Å². The number of rotatable bonds is 11. The minimum atomic E-state index is -0.890. The molecule has 2 aliphatic rings.